The minimum absolute atomic E-state index is 0.0800. The van der Waals surface area contributed by atoms with Gasteiger partial charge in [-0.25, -0.2) is 9.18 Å². The van der Waals surface area contributed by atoms with Gasteiger partial charge < -0.3 is 24.8 Å². The van der Waals surface area contributed by atoms with Crippen molar-refractivity contribution < 1.29 is 28.2 Å². The van der Waals surface area contributed by atoms with E-state index >= 15 is 0 Å². The van der Waals surface area contributed by atoms with Crippen LogP contribution in [0.15, 0.2) is 12.1 Å². The van der Waals surface area contributed by atoms with Crippen molar-refractivity contribution >= 4 is 17.8 Å². The Labute approximate surface area is 191 Å². The maximum absolute atomic E-state index is 14.7. The van der Waals surface area contributed by atoms with Crippen LogP contribution in [0.2, 0.25) is 0 Å². The number of alkyl carbamates (subject to hydrolysis) is 1. The van der Waals surface area contributed by atoms with Gasteiger partial charge in [0.05, 0.1) is 24.6 Å². The molecule has 3 atom stereocenters. The maximum atomic E-state index is 14.7. The summed E-state index contributed by atoms with van der Waals surface area (Å²) in [6, 6.07) is 3.08. The number of nitrogens with one attached hydrogen (secondary N) is 3. The number of carbonyl (C=O) groups is 2. The van der Waals surface area contributed by atoms with Crippen LogP contribution in [-0.4, -0.2) is 64.5 Å². The number of hydrogen-bond donors (Lipinski definition) is 3. The number of hydrogen-bond acceptors (Lipinski definition) is 7. The fraction of sp³-hybridized carbons (Fsp3) is 0.524. The van der Waals surface area contributed by atoms with Crippen molar-refractivity contribution in [1.82, 2.24) is 25.3 Å². The smallest absolute Gasteiger partial charge is 0.407 e. The molecule has 3 unspecified atom stereocenters. The molecule has 3 heterocycles. The molecule has 1 fully saturated rings. The number of alkyl halides is 1. The summed E-state index contributed by atoms with van der Waals surface area (Å²) in [5.41, 5.74) is 1.25. The number of aromatic nitrogens is 4. The van der Waals surface area contributed by atoms with Crippen molar-refractivity contribution in [2.24, 2.45) is 7.05 Å². The lowest BCUT2D eigenvalue weighted by molar-refractivity contribution is 0.0629. The third-order valence-corrected chi connectivity index (χ3v) is 4.46. The molecule has 1 aliphatic heterocycles. The number of amides is 2. The Morgan fingerprint density at radius 3 is 2.85 bits per heavy atom. The minimum Gasteiger partial charge on any atom is -0.441 e. The van der Waals surface area contributed by atoms with Crippen LogP contribution < -0.4 is 10.6 Å². The zero-order chi connectivity index (χ0) is 24.4. The fourth-order valence-electron chi connectivity index (χ4n) is 3.03. The first kappa shape index (κ1) is 25.8. The average Bonchev–Trinajstić information content (AvgIpc) is 3.47. The molecule has 0 aliphatic carbocycles. The van der Waals surface area contributed by atoms with Crippen LogP contribution in [0, 0.1) is 12.3 Å². The van der Waals surface area contributed by atoms with Crippen LogP contribution in [0.4, 0.5) is 15.0 Å². The number of anilines is 1. The van der Waals surface area contributed by atoms with Gasteiger partial charge in [0, 0.05) is 26.8 Å². The third-order valence-electron chi connectivity index (χ3n) is 4.46. The van der Waals surface area contributed by atoms with E-state index < -0.39 is 30.4 Å². The summed E-state index contributed by atoms with van der Waals surface area (Å²) in [5.74, 6) is 2.02. The molecule has 3 rings (SSSR count). The van der Waals surface area contributed by atoms with Crippen molar-refractivity contribution in [3.8, 4) is 12.3 Å². The Balaban J connectivity index is 0.00000122. The molecule has 11 nitrogen and oxygen atoms in total. The molecule has 0 aromatic carbocycles. The van der Waals surface area contributed by atoms with Gasteiger partial charge in [-0.2, -0.15) is 10.2 Å². The molecule has 12 heteroatoms. The van der Waals surface area contributed by atoms with Gasteiger partial charge in [-0.15, -0.1) is 12.3 Å². The number of methoxy groups -OCH3 is 1. The molecule has 2 amide bonds. The lowest BCUT2D eigenvalue weighted by atomic mass is 10.1. The molecule has 0 saturated carbocycles. The Morgan fingerprint density at radius 1 is 1.45 bits per heavy atom. The van der Waals surface area contributed by atoms with E-state index in [1.54, 1.807) is 20.0 Å². The van der Waals surface area contributed by atoms with Crippen molar-refractivity contribution in [2.75, 3.05) is 25.6 Å². The number of rotatable bonds is 8. The Kier molecular flexibility index (Phi) is 9.84. The molecule has 180 valence electrons. The summed E-state index contributed by atoms with van der Waals surface area (Å²) in [5, 5.41) is 16.0. The largest absolute Gasteiger partial charge is 0.441 e. The van der Waals surface area contributed by atoms with Crippen LogP contribution in [-0.2, 0) is 27.9 Å². The highest BCUT2D eigenvalue weighted by molar-refractivity contribution is 6.02. The number of ether oxygens (including phenoxy) is 3. The first-order valence-electron chi connectivity index (χ1n) is 10.3. The highest BCUT2D eigenvalue weighted by Crippen LogP contribution is 2.33. The van der Waals surface area contributed by atoms with Gasteiger partial charge in [0.25, 0.3) is 5.91 Å². The number of aryl methyl sites for hydroxylation is 1. The lowest BCUT2D eigenvalue weighted by Crippen LogP contribution is -2.34. The Bertz CT molecular complexity index is 969. The molecule has 1 saturated heterocycles. The zero-order valence-electron chi connectivity index (χ0n) is 19.1. The summed E-state index contributed by atoms with van der Waals surface area (Å²) >= 11 is 0. The molecule has 2 aromatic heterocycles. The van der Waals surface area contributed by atoms with E-state index in [1.807, 2.05) is 6.92 Å². The summed E-state index contributed by atoms with van der Waals surface area (Å²) in [6.45, 7) is 4.20. The number of terminal acetylenes is 1. The standard InChI is InChI=1S/C18H25FN6O5.C3H4/c1-4-5-20-18(27)30-13-9-29-16(15(13)19)11-7-14(23-22-11)21-17(26)12-6-10(8-28-3)24-25(12)2;1-3-2/h6-7,13,15-16H,4-5,8-9H2,1-3H3,(H,20,27)(H2,21,22,23,26);1H,2H3. The van der Waals surface area contributed by atoms with Crippen molar-refractivity contribution in [1.29, 1.82) is 0 Å². The van der Waals surface area contributed by atoms with Gasteiger partial charge in [-0.1, -0.05) is 6.92 Å². The normalized spacial score (nSPS) is 19.2. The summed E-state index contributed by atoms with van der Waals surface area (Å²) < 4.78 is 31.6. The fourth-order valence-corrected chi connectivity index (χ4v) is 3.03. The second-order valence-electron chi connectivity index (χ2n) is 7.10. The van der Waals surface area contributed by atoms with Gasteiger partial charge in [0.1, 0.15) is 11.8 Å². The van der Waals surface area contributed by atoms with Crippen LogP contribution in [0.5, 0.6) is 0 Å². The molecule has 2 aromatic rings. The number of halogens is 1. The van der Waals surface area contributed by atoms with Crippen molar-refractivity contribution in [3.05, 3.63) is 29.2 Å². The van der Waals surface area contributed by atoms with E-state index in [4.69, 9.17) is 14.2 Å². The first-order valence-corrected chi connectivity index (χ1v) is 10.3. The summed E-state index contributed by atoms with van der Waals surface area (Å²) in [4.78, 5) is 24.1. The second kappa shape index (κ2) is 12.6. The van der Waals surface area contributed by atoms with Crippen LogP contribution in [0.3, 0.4) is 0 Å². The highest BCUT2D eigenvalue weighted by Gasteiger charge is 2.42. The van der Waals surface area contributed by atoms with E-state index in [2.05, 4.69) is 38.3 Å². The van der Waals surface area contributed by atoms with Crippen LogP contribution in [0.25, 0.3) is 0 Å². The molecule has 0 radical (unpaired) electrons. The molecule has 0 spiro atoms. The van der Waals surface area contributed by atoms with Gasteiger partial charge in [-0.3, -0.25) is 14.6 Å². The number of nitrogens with zero attached hydrogens (tertiary/aromatic N) is 3. The quantitative estimate of drug-likeness (QED) is 0.510. The number of H-pyrrole nitrogens is 1. The molecule has 0 bridgehead atoms. The Hall–Kier alpha value is -3.43. The minimum atomic E-state index is -1.57. The van der Waals surface area contributed by atoms with Gasteiger partial charge in [0.2, 0.25) is 0 Å². The van der Waals surface area contributed by atoms with Gasteiger partial charge in [-0.05, 0) is 19.4 Å². The van der Waals surface area contributed by atoms with Crippen molar-refractivity contribution in [2.45, 2.75) is 45.3 Å². The maximum Gasteiger partial charge on any atom is 0.407 e. The first-order chi connectivity index (χ1) is 15.8. The monoisotopic (exact) mass is 464 g/mol. The van der Waals surface area contributed by atoms with E-state index in [0.29, 0.717) is 23.6 Å². The predicted octanol–water partition coefficient (Wildman–Crippen LogP) is 2.10. The van der Waals surface area contributed by atoms with E-state index in [-0.39, 0.29) is 19.0 Å². The molecular weight excluding hydrogens is 435 g/mol. The zero-order valence-corrected chi connectivity index (χ0v) is 19.1. The van der Waals surface area contributed by atoms with Crippen molar-refractivity contribution in [3.63, 3.8) is 0 Å². The second-order valence-corrected chi connectivity index (χ2v) is 7.10. The van der Waals surface area contributed by atoms with E-state index in [0.717, 1.165) is 6.42 Å². The van der Waals surface area contributed by atoms with Gasteiger partial charge in [0.15, 0.2) is 18.1 Å². The third kappa shape index (κ3) is 7.03. The van der Waals surface area contributed by atoms with E-state index in [9.17, 15) is 14.0 Å². The lowest BCUT2D eigenvalue weighted by Gasteiger charge is -2.15. The molecule has 33 heavy (non-hydrogen) atoms. The highest BCUT2D eigenvalue weighted by atomic mass is 19.1. The van der Waals surface area contributed by atoms with Crippen LogP contribution in [0.1, 0.15) is 48.2 Å². The number of aromatic amines is 1. The van der Waals surface area contributed by atoms with E-state index in [1.165, 1.54) is 17.9 Å². The summed E-state index contributed by atoms with van der Waals surface area (Å²) in [7, 11) is 3.18. The molecular formula is C21H29FN6O5. The molecule has 3 N–H and O–H groups in total. The molecule has 1 aliphatic rings. The average molecular weight is 464 g/mol. The summed E-state index contributed by atoms with van der Waals surface area (Å²) in [6.07, 6.45) is 1.07. The topological polar surface area (TPSA) is 132 Å². The number of carbonyl (C=O) groups excluding carboxylic acids is 2. The Morgan fingerprint density at radius 2 is 2.18 bits per heavy atom. The predicted molar refractivity (Wildman–Crippen MR) is 117 cm³/mol. The van der Waals surface area contributed by atoms with Crippen LogP contribution >= 0.6 is 0 Å². The SMILES string of the molecule is C#CC.CCCNC(=O)OC1COC(c2cc(NC(=O)c3cc(COC)nn3C)n[nH]2)C1F. The van der Waals surface area contributed by atoms with Gasteiger partial charge >= 0.3 is 6.09 Å².